The summed E-state index contributed by atoms with van der Waals surface area (Å²) in [6.07, 6.45) is 0. The summed E-state index contributed by atoms with van der Waals surface area (Å²) in [7, 11) is 0. The molecule has 1 aromatic carbocycles. The van der Waals surface area contributed by atoms with E-state index in [1.54, 1.807) is 26.0 Å². The lowest BCUT2D eigenvalue weighted by molar-refractivity contribution is 0.0781. The summed E-state index contributed by atoms with van der Waals surface area (Å²) in [5.74, 6) is -1.12. The molecule has 6 heteroatoms. The van der Waals surface area contributed by atoms with E-state index in [4.69, 9.17) is 10.9 Å². The van der Waals surface area contributed by atoms with Crippen molar-refractivity contribution in [2.75, 3.05) is 13.1 Å². The van der Waals surface area contributed by atoms with Crippen LogP contribution in [0.25, 0.3) is 0 Å². The Kier molecular flexibility index (Phi) is 4.65. The second-order valence-corrected chi connectivity index (χ2v) is 3.85. The highest BCUT2D eigenvalue weighted by atomic mass is 19.1. The Morgan fingerprint density at radius 2 is 2.22 bits per heavy atom. The zero-order valence-corrected chi connectivity index (χ0v) is 10.4. The normalized spacial score (nSPS) is 11.4. The second kappa shape index (κ2) is 6.00. The Balaban J connectivity index is 3.00. The molecule has 0 saturated heterocycles. The van der Waals surface area contributed by atoms with Gasteiger partial charge in [0.2, 0.25) is 0 Å². The lowest BCUT2D eigenvalue weighted by atomic mass is 10.1. The van der Waals surface area contributed by atoms with Gasteiger partial charge in [0, 0.05) is 6.54 Å². The van der Waals surface area contributed by atoms with Gasteiger partial charge in [-0.05, 0) is 25.5 Å². The number of benzene rings is 1. The molecular formula is C12H16FN3O2. The van der Waals surface area contributed by atoms with Crippen molar-refractivity contribution in [2.24, 2.45) is 10.9 Å². The Morgan fingerprint density at radius 3 is 2.78 bits per heavy atom. The van der Waals surface area contributed by atoms with Gasteiger partial charge in [0.05, 0.1) is 12.1 Å². The molecule has 0 saturated carbocycles. The molecule has 0 aromatic heterocycles. The van der Waals surface area contributed by atoms with Gasteiger partial charge in [-0.1, -0.05) is 17.3 Å². The Labute approximate surface area is 105 Å². The van der Waals surface area contributed by atoms with Crippen LogP contribution >= 0.6 is 0 Å². The summed E-state index contributed by atoms with van der Waals surface area (Å²) in [6.45, 7) is 3.61. The second-order valence-electron chi connectivity index (χ2n) is 3.85. The third-order valence-corrected chi connectivity index (χ3v) is 2.57. The van der Waals surface area contributed by atoms with Gasteiger partial charge in [0.15, 0.2) is 5.84 Å². The first-order chi connectivity index (χ1) is 8.51. The smallest absolute Gasteiger partial charge is 0.257 e. The zero-order chi connectivity index (χ0) is 13.7. The van der Waals surface area contributed by atoms with Crippen molar-refractivity contribution < 1.29 is 14.4 Å². The van der Waals surface area contributed by atoms with Crippen LogP contribution in [0.2, 0.25) is 0 Å². The van der Waals surface area contributed by atoms with E-state index in [-0.39, 0.29) is 17.9 Å². The number of amidine groups is 1. The topological polar surface area (TPSA) is 78.9 Å². The van der Waals surface area contributed by atoms with Crippen molar-refractivity contribution in [1.29, 1.82) is 0 Å². The number of halogens is 1. The third-order valence-electron chi connectivity index (χ3n) is 2.57. The summed E-state index contributed by atoms with van der Waals surface area (Å²) in [4.78, 5) is 13.4. The van der Waals surface area contributed by atoms with E-state index < -0.39 is 11.7 Å². The summed E-state index contributed by atoms with van der Waals surface area (Å²) >= 11 is 0. The molecule has 0 radical (unpaired) electrons. The first kappa shape index (κ1) is 14.0. The van der Waals surface area contributed by atoms with E-state index in [1.165, 1.54) is 11.0 Å². The molecule has 1 aromatic rings. The number of carbonyl (C=O) groups excluding carboxylic acids is 1. The molecule has 1 rings (SSSR count). The van der Waals surface area contributed by atoms with E-state index >= 15 is 0 Å². The maximum Gasteiger partial charge on any atom is 0.257 e. The minimum atomic E-state index is -0.541. The standard InChI is InChI=1S/C12H16FN3O2/c1-3-16(7-10(14)15-18)12(17)9-6-4-5-8(2)11(9)13/h4-6,18H,3,7H2,1-2H3,(H2,14,15). The molecule has 1 amide bonds. The number of hydrogen-bond acceptors (Lipinski definition) is 3. The molecule has 0 aliphatic heterocycles. The van der Waals surface area contributed by atoms with Crippen molar-refractivity contribution in [3.8, 4) is 0 Å². The van der Waals surface area contributed by atoms with Gasteiger partial charge < -0.3 is 15.8 Å². The highest BCUT2D eigenvalue weighted by molar-refractivity contribution is 5.97. The van der Waals surface area contributed by atoms with Crippen LogP contribution in [0.5, 0.6) is 0 Å². The van der Waals surface area contributed by atoms with Crippen LogP contribution in [-0.4, -0.2) is 34.9 Å². The SMILES string of the molecule is CCN(C/C(N)=N/O)C(=O)c1cccc(C)c1F. The molecule has 0 unspecified atom stereocenters. The number of nitrogens with zero attached hydrogens (tertiary/aromatic N) is 2. The highest BCUT2D eigenvalue weighted by Gasteiger charge is 2.19. The summed E-state index contributed by atoms with van der Waals surface area (Å²) < 4.78 is 13.8. The molecular weight excluding hydrogens is 237 g/mol. The minimum absolute atomic E-state index is 0.0115. The van der Waals surface area contributed by atoms with Crippen molar-refractivity contribution in [3.63, 3.8) is 0 Å². The molecule has 0 aliphatic carbocycles. The number of oxime groups is 1. The Morgan fingerprint density at radius 1 is 1.56 bits per heavy atom. The van der Waals surface area contributed by atoms with Gasteiger partial charge >= 0.3 is 0 Å². The monoisotopic (exact) mass is 253 g/mol. The lowest BCUT2D eigenvalue weighted by Crippen LogP contribution is -2.38. The zero-order valence-electron chi connectivity index (χ0n) is 10.4. The van der Waals surface area contributed by atoms with E-state index in [1.807, 2.05) is 0 Å². The van der Waals surface area contributed by atoms with Crippen LogP contribution in [0.4, 0.5) is 4.39 Å². The third kappa shape index (κ3) is 2.97. The average Bonchev–Trinajstić information content (AvgIpc) is 2.38. The predicted molar refractivity (Wildman–Crippen MR) is 66.1 cm³/mol. The lowest BCUT2D eigenvalue weighted by Gasteiger charge is -2.20. The number of carbonyl (C=O) groups is 1. The molecule has 18 heavy (non-hydrogen) atoms. The molecule has 98 valence electrons. The molecule has 0 atom stereocenters. The van der Waals surface area contributed by atoms with Gasteiger partial charge in [0.25, 0.3) is 5.91 Å². The minimum Gasteiger partial charge on any atom is -0.409 e. The first-order valence-electron chi connectivity index (χ1n) is 5.52. The van der Waals surface area contributed by atoms with Gasteiger partial charge in [-0.2, -0.15) is 0 Å². The number of likely N-dealkylation sites (N-methyl/N-ethyl adjacent to an activating group) is 1. The van der Waals surface area contributed by atoms with E-state index in [0.29, 0.717) is 12.1 Å². The number of amides is 1. The van der Waals surface area contributed by atoms with Crippen LogP contribution in [0.3, 0.4) is 0 Å². The van der Waals surface area contributed by atoms with Crippen molar-refractivity contribution in [2.45, 2.75) is 13.8 Å². The van der Waals surface area contributed by atoms with Crippen LogP contribution < -0.4 is 5.73 Å². The highest BCUT2D eigenvalue weighted by Crippen LogP contribution is 2.14. The van der Waals surface area contributed by atoms with Gasteiger partial charge in [-0.3, -0.25) is 4.79 Å². The summed E-state index contributed by atoms with van der Waals surface area (Å²) in [5.41, 5.74) is 5.74. The summed E-state index contributed by atoms with van der Waals surface area (Å²) in [5, 5.41) is 11.3. The van der Waals surface area contributed by atoms with Crippen LogP contribution in [0.1, 0.15) is 22.8 Å². The molecule has 0 aliphatic rings. The van der Waals surface area contributed by atoms with Gasteiger partial charge in [-0.25, -0.2) is 4.39 Å². The molecule has 0 spiro atoms. The van der Waals surface area contributed by atoms with Crippen LogP contribution in [0, 0.1) is 12.7 Å². The number of aryl methyl sites for hydroxylation is 1. The molecule has 0 heterocycles. The van der Waals surface area contributed by atoms with Gasteiger partial charge in [0.1, 0.15) is 5.82 Å². The van der Waals surface area contributed by atoms with E-state index in [9.17, 15) is 9.18 Å². The predicted octanol–water partition coefficient (Wildman–Crippen LogP) is 1.34. The molecule has 0 bridgehead atoms. The van der Waals surface area contributed by atoms with E-state index in [2.05, 4.69) is 5.16 Å². The van der Waals surface area contributed by atoms with Crippen LogP contribution in [0.15, 0.2) is 23.4 Å². The van der Waals surface area contributed by atoms with Crippen molar-refractivity contribution in [1.82, 2.24) is 4.90 Å². The largest absolute Gasteiger partial charge is 0.409 e. The number of nitrogens with two attached hydrogens (primary N) is 1. The fourth-order valence-electron chi connectivity index (χ4n) is 1.54. The van der Waals surface area contributed by atoms with Crippen molar-refractivity contribution in [3.05, 3.63) is 35.1 Å². The Bertz CT molecular complexity index is 474. The quantitative estimate of drug-likeness (QED) is 0.368. The molecule has 3 N–H and O–H groups in total. The first-order valence-corrected chi connectivity index (χ1v) is 5.52. The average molecular weight is 253 g/mol. The maximum atomic E-state index is 13.8. The van der Waals surface area contributed by atoms with Crippen LogP contribution in [-0.2, 0) is 0 Å². The maximum absolute atomic E-state index is 13.8. The number of hydrogen-bond donors (Lipinski definition) is 2. The van der Waals surface area contributed by atoms with Crippen molar-refractivity contribution >= 4 is 11.7 Å². The molecule has 5 nitrogen and oxygen atoms in total. The molecule has 0 fully saturated rings. The van der Waals surface area contributed by atoms with Gasteiger partial charge in [-0.15, -0.1) is 0 Å². The fourth-order valence-corrected chi connectivity index (χ4v) is 1.54. The Hall–Kier alpha value is -2.11. The fraction of sp³-hybridized carbons (Fsp3) is 0.333. The number of rotatable bonds is 4. The summed E-state index contributed by atoms with van der Waals surface area (Å²) in [6, 6.07) is 4.62. The van der Waals surface area contributed by atoms with E-state index in [0.717, 1.165) is 0 Å².